The first-order valence-electron chi connectivity index (χ1n) is 3.61. The molecule has 10 heavy (non-hydrogen) atoms. The summed E-state index contributed by atoms with van der Waals surface area (Å²) in [5.41, 5.74) is 0. The van der Waals surface area contributed by atoms with Crippen LogP contribution in [0.2, 0.25) is 0 Å². The molecular weight excluding hydrogens is 132 g/mol. The Morgan fingerprint density at radius 3 is 2.40 bits per heavy atom. The molecule has 0 heterocycles. The maximum absolute atomic E-state index is 9.90. The predicted octanol–water partition coefficient (Wildman–Crippen LogP) is 0.812. The smallest absolute Gasteiger partial charge is 0.295 e. The summed E-state index contributed by atoms with van der Waals surface area (Å²) in [5.74, 6) is -1.14. The van der Waals surface area contributed by atoms with Crippen LogP contribution in [0.5, 0.6) is 0 Å². The molecule has 1 rings (SSSR count). The number of hydrogen-bond acceptors (Lipinski definition) is 3. The fourth-order valence-corrected chi connectivity index (χ4v) is 1.31. The maximum atomic E-state index is 9.90. The van der Waals surface area contributed by atoms with Crippen molar-refractivity contribution >= 4 is 6.47 Å². The van der Waals surface area contributed by atoms with Gasteiger partial charge < -0.3 is 9.84 Å². The van der Waals surface area contributed by atoms with Gasteiger partial charge in [0.2, 0.25) is 5.79 Å². The molecule has 0 unspecified atom stereocenters. The van der Waals surface area contributed by atoms with Gasteiger partial charge in [0.05, 0.1) is 0 Å². The van der Waals surface area contributed by atoms with Gasteiger partial charge in [-0.3, -0.25) is 4.79 Å². The van der Waals surface area contributed by atoms with Crippen molar-refractivity contribution in [2.75, 3.05) is 0 Å². The lowest BCUT2D eigenvalue weighted by Crippen LogP contribution is -2.34. The number of aliphatic hydroxyl groups is 1. The normalized spacial score (nSPS) is 23.7. The van der Waals surface area contributed by atoms with E-state index in [9.17, 15) is 9.90 Å². The van der Waals surface area contributed by atoms with Crippen molar-refractivity contribution in [3.05, 3.63) is 0 Å². The van der Waals surface area contributed by atoms with Crippen LogP contribution in [-0.2, 0) is 9.53 Å². The molecule has 0 saturated heterocycles. The third-order valence-electron chi connectivity index (χ3n) is 1.90. The Labute approximate surface area is 60.0 Å². The van der Waals surface area contributed by atoms with Crippen LogP contribution in [0.3, 0.4) is 0 Å². The lowest BCUT2D eigenvalue weighted by Gasteiger charge is -2.29. The van der Waals surface area contributed by atoms with Crippen LogP contribution in [0, 0.1) is 0 Å². The summed E-state index contributed by atoms with van der Waals surface area (Å²) in [7, 11) is 0. The highest BCUT2D eigenvalue weighted by molar-refractivity contribution is 5.37. The predicted molar refractivity (Wildman–Crippen MR) is 35.2 cm³/mol. The van der Waals surface area contributed by atoms with Crippen molar-refractivity contribution in [3.8, 4) is 0 Å². The second-order valence-electron chi connectivity index (χ2n) is 2.72. The van der Waals surface area contributed by atoms with Crippen molar-refractivity contribution in [3.63, 3.8) is 0 Å². The Kier molecular flexibility index (Phi) is 2.27. The van der Waals surface area contributed by atoms with Gasteiger partial charge in [0.1, 0.15) is 0 Å². The van der Waals surface area contributed by atoms with E-state index in [0.29, 0.717) is 19.3 Å². The van der Waals surface area contributed by atoms with Crippen LogP contribution < -0.4 is 0 Å². The lowest BCUT2D eigenvalue weighted by atomic mass is 9.94. The highest BCUT2D eigenvalue weighted by Crippen LogP contribution is 2.27. The van der Waals surface area contributed by atoms with Crippen LogP contribution in [0.4, 0.5) is 0 Å². The topological polar surface area (TPSA) is 46.5 Å². The largest absolute Gasteiger partial charge is 0.435 e. The molecule has 0 aromatic heterocycles. The highest BCUT2D eigenvalue weighted by atomic mass is 16.6. The third kappa shape index (κ3) is 1.70. The molecule has 1 saturated carbocycles. The summed E-state index contributed by atoms with van der Waals surface area (Å²) in [5, 5.41) is 9.42. The van der Waals surface area contributed by atoms with Crippen molar-refractivity contribution < 1.29 is 14.6 Å². The van der Waals surface area contributed by atoms with E-state index in [2.05, 4.69) is 4.74 Å². The average molecular weight is 144 g/mol. The molecule has 0 aromatic rings. The summed E-state index contributed by atoms with van der Waals surface area (Å²) in [6, 6.07) is 0. The average Bonchev–Trinajstić information content (AvgIpc) is 1.89. The molecule has 0 aliphatic heterocycles. The maximum Gasteiger partial charge on any atom is 0.295 e. The summed E-state index contributed by atoms with van der Waals surface area (Å²) in [6.07, 6.45) is 4.21. The molecule has 0 amide bonds. The monoisotopic (exact) mass is 144 g/mol. The van der Waals surface area contributed by atoms with Crippen molar-refractivity contribution in [1.29, 1.82) is 0 Å². The molecule has 0 spiro atoms. The van der Waals surface area contributed by atoms with Crippen LogP contribution in [0.25, 0.3) is 0 Å². The van der Waals surface area contributed by atoms with Gasteiger partial charge in [-0.15, -0.1) is 0 Å². The molecule has 0 atom stereocenters. The Morgan fingerprint density at radius 2 is 1.90 bits per heavy atom. The van der Waals surface area contributed by atoms with Crippen LogP contribution >= 0.6 is 0 Å². The molecule has 1 N–H and O–H groups in total. The van der Waals surface area contributed by atoms with E-state index in [1.807, 2.05) is 0 Å². The first kappa shape index (κ1) is 7.54. The van der Waals surface area contributed by atoms with E-state index >= 15 is 0 Å². The fourth-order valence-electron chi connectivity index (χ4n) is 1.31. The molecule has 1 fully saturated rings. The van der Waals surface area contributed by atoms with Gasteiger partial charge in [-0.2, -0.15) is 0 Å². The van der Waals surface area contributed by atoms with Gasteiger partial charge in [0.25, 0.3) is 6.47 Å². The Balaban J connectivity index is 2.39. The van der Waals surface area contributed by atoms with Gasteiger partial charge >= 0.3 is 0 Å². The number of carbonyl (C=O) groups is 1. The standard InChI is InChI=1S/C7H12O3/c8-6-10-7(9)4-2-1-3-5-7/h6,9H,1-5H2. The van der Waals surface area contributed by atoms with Gasteiger partial charge in [0.15, 0.2) is 0 Å². The van der Waals surface area contributed by atoms with E-state index in [-0.39, 0.29) is 0 Å². The minimum absolute atomic E-state index is 0.325. The number of rotatable bonds is 2. The number of ether oxygens (including phenoxy) is 1. The molecule has 0 radical (unpaired) electrons. The molecule has 3 heteroatoms. The van der Waals surface area contributed by atoms with E-state index in [0.717, 1.165) is 19.3 Å². The van der Waals surface area contributed by atoms with E-state index in [1.165, 1.54) is 0 Å². The molecular formula is C7H12O3. The lowest BCUT2D eigenvalue weighted by molar-refractivity contribution is -0.207. The van der Waals surface area contributed by atoms with Crippen LogP contribution in [0.15, 0.2) is 0 Å². The van der Waals surface area contributed by atoms with E-state index < -0.39 is 5.79 Å². The zero-order chi connectivity index (χ0) is 7.45. The summed E-state index contributed by atoms with van der Waals surface area (Å²) >= 11 is 0. The summed E-state index contributed by atoms with van der Waals surface area (Å²) in [6.45, 7) is 0.325. The van der Waals surface area contributed by atoms with Crippen LogP contribution in [-0.4, -0.2) is 17.4 Å². The molecule has 1 aliphatic rings. The van der Waals surface area contributed by atoms with Gasteiger partial charge in [-0.25, -0.2) is 0 Å². The van der Waals surface area contributed by atoms with Crippen molar-refractivity contribution in [2.45, 2.75) is 37.9 Å². The molecule has 0 bridgehead atoms. The first-order valence-corrected chi connectivity index (χ1v) is 3.61. The van der Waals surface area contributed by atoms with Gasteiger partial charge in [-0.05, 0) is 12.8 Å². The fraction of sp³-hybridized carbons (Fsp3) is 0.857. The Hall–Kier alpha value is -0.570. The zero-order valence-corrected chi connectivity index (χ0v) is 5.88. The third-order valence-corrected chi connectivity index (χ3v) is 1.90. The number of hydrogen-bond donors (Lipinski definition) is 1. The first-order chi connectivity index (χ1) is 4.77. The van der Waals surface area contributed by atoms with Crippen molar-refractivity contribution in [2.24, 2.45) is 0 Å². The van der Waals surface area contributed by atoms with E-state index in [1.54, 1.807) is 0 Å². The summed E-state index contributed by atoms with van der Waals surface area (Å²) in [4.78, 5) is 9.90. The van der Waals surface area contributed by atoms with Crippen molar-refractivity contribution in [1.82, 2.24) is 0 Å². The molecule has 58 valence electrons. The highest BCUT2D eigenvalue weighted by Gasteiger charge is 2.30. The Bertz CT molecular complexity index is 116. The summed E-state index contributed by atoms with van der Waals surface area (Å²) < 4.78 is 4.55. The van der Waals surface area contributed by atoms with Gasteiger partial charge in [0, 0.05) is 12.8 Å². The quantitative estimate of drug-likeness (QED) is 0.461. The van der Waals surface area contributed by atoms with Gasteiger partial charge in [-0.1, -0.05) is 6.42 Å². The SMILES string of the molecule is O=COC1(O)CCCCC1. The van der Waals surface area contributed by atoms with Crippen LogP contribution in [0.1, 0.15) is 32.1 Å². The minimum atomic E-state index is -1.14. The Morgan fingerprint density at radius 1 is 1.30 bits per heavy atom. The second-order valence-corrected chi connectivity index (χ2v) is 2.72. The number of carbonyl (C=O) groups excluding carboxylic acids is 1. The minimum Gasteiger partial charge on any atom is -0.435 e. The molecule has 0 aromatic carbocycles. The zero-order valence-electron chi connectivity index (χ0n) is 5.88. The van der Waals surface area contributed by atoms with E-state index in [4.69, 9.17) is 0 Å². The second kappa shape index (κ2) is 3.01. The molecule has 1 aliphatic carbocycles. The molecule has 3 nitrogen and oxygen atoms in total.